The summed E-state index contributed by atoms with van der Waals surface area (Å²) in [5, 5.41) is 38.3. The molecule has 3 rings (SSSR count). The molecule has 1 fully saturated rings. The van der Waals surface area contributed by atoms with E-state index in [-0.39, 0.29) is 12.8 Å². The number of hydrogen-bond acceptors (Lipinski definition) is 8. The molecule has 3 amide bonds. The molecule has 0 saturated heterocycles. The van der Waals surface area contributed by atoms with Crippen LogP contribution in [0.1, 0.15) is 28.1 Å². The van der Waals surface area contributed by atoms with E-state index < -0.39 is 54.0 Å². The molecule has 1 heterocycles. The summed E-state index contributed by atoms with van der Waals surface area (Å²) in [5.41, 5.74) is 4.01. The highest BCUT2D eigenvalue weighted by atomic mass is 32.1. The predicted octanol–water partition coefficient (Wildman–Crippen LogP) is -0.685. The fraction of sp³-hybridized carbons (Fsp3) is 0.409. The van der Waals surface area contributed by atoms with Gasteiger partial charge in [0.1, 0.15) is 23.5 Å². The van der Waals surface area contributed by atoms with Crippen molar-refractivity contribution >= 4 is 29.1 Å². The number of thiophene rings is 1. The van der Waals surface area contributed by atoms with Gasteiger partial charge in [-0.1, -0.05) is 18.2 Å². The van der Waals surface area contributed by atoms with Crippen molar-refractivity contribution in [3.63, 3.8) is 0 Å². The Morgan fingerprint density at radius 3 is 2.48 bits per heavy atom. The van der Waals surface area contributed by atoms with Crippen LogP contribution < -0.4 is 21.1 Å². The van der Waals surface area contributed by atoms with Gasteiger partial charge in [0.05, 0.1) is 24.1 Å². The summed E-state index contributed by atoms with van der Waals surface area (Å²) in [4.78, 5) is 37.7. The summed E-state index contributed by atoms with van der Waals surface area (Å²) in [5.74, 6) is -1.61. The van der Waals surface area contributed by atoms with Crippen molar-refractivity contribution in [3.05, 3.63) is 52.2 Å². The van der Waals surface area contributed by atoms with Crippen molar-refractivity contribution in [1.82, 2.24) is 10.6 Å². The van der Waals surface area contributed by atoms with Crippen LogP contribution in [0.3, 0.4) is 0 Å². The molecule has 2 aromatic rings. The van der Waals surface area contributed by atoms with Gasteiger partial charge in [-0.25, -0.2) is 0 Å². The molecule has 1 aromatic heterocycles. The van der Waals surface area contributed by atoms with Crippen LogP contribution in [0.4, 0.5) is 0 Å². The van der Waals surface area contributed by atoms with Gasteiger partial charge in [-0.2, -0.15) is 0 Å². The lowest BCUT2D eigenvalue weighted by Gasteiger charge is -2.41. The number of hydrogen-bond donors (Lipinski definition) is 6. The number of methoxy groups -OCH3 is 1. The Bertz CT molecular complexity index is 982. The average molecular weight is 478 g/mol. The number of benzene rings is 1. The van der Waals surface area contributed by atoms with Gasteiger partial charge in [-0.15, -0.1) is 11.3 Å². The van der Waals surface area contributed by atoms with Gasteiger partial charge in [0.25, 0.3) is 11.8 Å². The van der Waals surface area contributed by atoms with Crippen LogP contribution in [-0.2, 0) is 16.0 Å². The third-order valence-corrected chi connectivity index (χ3v) is 6.51. The minimum absolute atomic E-state index is 0.0743. The lowest BCUT2D eigenvalue weighted by molar-refractivity contribution is -0.159. The van der Waals surface area contributed by atoms with E-state index in [0.717, 1.165) is 0 Å². The zero-order valence-corrected chi connectivity index (χ0v) is 18.7. The molecule has 0 spiro atoms. The number of aliphatic hydroxyl groups is 3. The second-order valence-corrected chi connectivity index (χ2v) is 8.98. The first-order valence-electron chi connectivity index (χ1n) is 10.3. The van der Waals surface area contributed by atoms with Gasteiger partial charge < -0.3 is 36.4 Å². The van der Waals surface area contributed by atoms with Gasteiger partial charge in [0.15, 0.2) is 0 Å². The third-order valence-electron chi connectivity index (χ3n) is 5.64. The highest BCUT2D eigenvalue weighted by molar-refractivity contribution is 7.12. The highest BCUT2D eigenvalue weighted by Crippen LogP contribution is 2.30. The largest absolute Gasteiger partial charge is 0.497 e. The van der Waals surface area contributed by atoms with E-state index in [1.54, 1.807) is 41.8 Å². The quantitative estimate of drug-likeness (QED) is 0.292. The van der Waals surface area contributed by atoms with Crippen molar-refractivity contribution < 1.29 is 34.4 Å². The van der Waals surface area contributed by atoms with Crippen molar-refractivity contribution in [2.75, 3.05) is 7.11 Å². The molecule has 0 radical (unpaired) electrons. The molecular formula is C22H27N3O7S. The zero-order chi connectivity index (χ0) is 24.2. The molecule has 7 N–H and O–H groups in total. The normalized spacial score (nSPS) is 25.6. The van der Waals surface area contributed by atoms with E-state index in [1.165, 1.54) is 18.4 Å². The minimum Gasteiger partial charge on any atom is -0.497 e. The van der Waals surface area contributed by atoms with Crippen LogP contribution >= 0.6 is 11.3 Å². The smallest absolute Gasteiger partial charge is 0.261 e. The van der Waals surface area contributed by atoms with E-state index >= 15 is 0 Å². The maximum Gasteiger partial charge on any atom is 0.261 e. The van der Waals surface area contributed by atoms with E-state index in [4.69, 9.17) is 10.5 Å². The van der Waals surface area contributed by atoms with Crippen LogP contribution in [0.15, 0.2) is 41.8 Å². The summed E-state index contributed by atoms with van der Waals surface area (Å²) < 4.78 is 5.09. The third kappa shape index (κ3) is 5.88. The van der Waals surface area contributed by atoms with Gasteiger partial charge in [0, 0.05) is 19.3 Å². The first kappa shape index (κ1) is 24.6. The van der Waals surface area contributed by atoms with Gasteiger partial charge in [-0.05, 0) is 29.1 Å². The highest BCUT2D eigenvalue weighted by Gasteiger charge is 2.49. The number of carbonyl (C=O) groups excluding carboxylic acids is 3. The summed E-state index contributed by atoms with van der Waals surface area (Å²) >= 11 is 1.19. The Kier molecular flexibility index (Phi) is 7.69. The molecule has 1 aliphatic rings. The number of ether oxygens (including phenoxy) is 1. The Morgan fingerprint density at radius 2 is 1.91 bits per heavy atom. The van der Waals surface area contributed by atoms with E-state index in [2.05, 4.69) is 10.6 Å². The van der Waals surface area contributed by atoms with Crippen molar-refractivity contribution in [2.24, 2.45) is 5.73 Å². The molecule has 1 saturated carbocycles. The number of primary amides is 1. The van der Waals surface area contributed by atoms with Crippen LogP contribution in [0.2, 0.25) is 0 Å². The molecule has 10 nitrogen and oxygen atoms in total. The Morgan fingerprint density at radius 1 is 1.21 bits per heavy atom. The molecule has 11 heteroatoms. The number of nitrogens with two attached hydrogens (primary N) is 1. The molecular weight excluding hydrogens is 450 g/mol. The van der Waals surface area contributed by atoms with E-state index in [0.29, 0.717) is 16.2 Å². The predicted molar refractivity (Wildman–Crippen MR) is 120 cm³/mol. The van der Waals surface area contributed by atoms with E-state index in [1.807, 2.05) is 0 Å². The van der Waals surface area contributed by atoms with Crippen LogP contribution in [0, 0.1) is 0 Å². The summed E-state index contributed by atoms with van der Waals surface area (Å²) in [6.07, 6.45) is -3.61. The minimum atomic E-state index is -2.14. The molecule has 5 atom stereocenters. The SMILES string of the molecule is COc1ccc(CC(NC(=O)C2(O)CC(O)C(O)C(NC(=O)c3cccs3)C2)C(N)=O)cc1. The van der Waals surface area contributed by atoms with Crippen LogP contribution in [0.5, 0.6) is 5.75 Å². The molecule has 0 bridgehead atoms. The summed E-state index contributed by atoms with van der Waals surface area (Å²) in [6.45, 7) is 0. The number of amides is 3. The maximum absolute atomic E-state index is 12.9. The maximum atomic E-state index is 12.9. The number of carbonyl (C=O) groups is 3. The first-order valence-corrected chi connectivity index (χ1v) is 11.2. The second-order valence-electron chi connectivity index (χ2n) is 8.04. The first-order chi connectivity index (χ1) is 15.6. The molecule has 178 valence electrons. The van der Waals surface area contributed by atoms with Gasteiger partial charge >= 0.3 is 0 Å². The van der Waals surface area contributed by atoms with Crippen molar-refractivity contribution in [1.29, 1.82) is 0 Å². The number of aliphatic hydroxyl groups excluding tert-OH is 2. The fourth-order valence-corrected chi connectivity index (χ4v) is 4.41. The van der Waals surface area contributed by atoms with Gasteiger partial charge in [-0.3, -0.25) is 14.4 Å². The lowest BCUT2D eigenvalue weighted by Crippen LogP contribution is -2.64. The second kappa shape index (κ2) is 10.3. The number of rotatable bonds is 8. The monoisotopic (exact) mass is 477 g/mol. The molecule has 1 aromatic carbocycles. The van der Waals surface area contributed by atoms with Crippen LogP contribution in [-0.4, -0.2) is 70.0 Å². The van der Waals surface area contributed by atoms with Gasteiger partial charge in [0.2, 0.25) is 5.91 Å². The Labute approximate surface area is 194 Å². The van der Waals surface area contributed by atoms with Crippen LogP contribution in [0.25, 0.3) is 0 Å². The molecule has 1 aliphatic carbocycles. The van der Waals surface area contributed by atoms with Crippen molar-refractivity contribution in [3.8, 4) is 5.75 Å². The molecule has 0 aliphatic heterocycles. The lowest BCUT2D eigenvalue weighted by atomic mass is 9.77. The standard InChI is InChI=1S/C22H27N3O7S/c1-32-13-6-4-12(5-7-13)9-14(19(23)28)25-21(30)22(31)10-15(18(27)16(26)11-22)24-20(29)17-3-2-8-33-17/h2-8,14-16,18,26-27,31H,9-11H2,1H3,(H2,23,28)(H,24,29)(H,25,30). The average Bonchev–Trinajstić information content (AvgIpc) is 3.32. The fourth-order valence-electron chi connectivity index (χ4n) is 3.78. The summed E-state index contributed by atoms with van der Waals surface area (Å²) in [7, 11) is 1.52. The zero-order valence-electron chi connectivity index (χ0n) is 17.9. The number of nitrogens with one attached hydrogen (secondary N) is 2. The Hall–Kier alpha value is -2.99. The Balaban J connectivity index is 1.71. The van der Waals surface area contributed by atoms with E-state index in [9.17, 15) is 29.7 Å². The summed E-state index contributed by atoms with van der Waals surface area (Å²) in [6, 6.07) is 7.87. The topological polar surface area (TPSA) is 171 Å². The molecule has 5 unspecified atom stereocenters. The molecule has 33 heavy (non-hydrogen) atoms. The van der Waals surface area contributed by atoms with Crippen molar-refractivity contribution in [2.45, 2.75) is 49.2 Å².